The molecule has 4 heterocycles. The van der Waals surface area contributed by atoms with Gasteiger partial charge < -0.3 is 33.6 Å². The van der Waals surface area contributed by atoms with Gasteiger partial charge in [0.25, 0.3) is 0 Å². The number of hydrogen-bond acceptors (Lipinski definition) is 10. The summed E-state index contributed by atoms with van der Waals surface area (Å²) in [5.74, 6) is -1.98. The lowest BCUT2D eigenvalue weighted by Gasteiger charge is -2.50. The lowest BCUT2D eigenvalue weighted by Crippen LogP contribution is -2.66. The van der Waals surface area contributed by atoms with Crippen LogP contribution >= 0.6 is 0 Å². The zero-order chi connectivity index (χ0) is 42.4. The SMILES string of the molecule is COc1ccc(CN(Cc2ccc(OC)cc2)c2cc(C)c(C(F)(F)F)c(-c3c(F)cc4c(N5C6COCC5CN(C(=O)OC(C)(C)C)C6)nc(F)nc4c3F)n2)cc1. The van der Waals surface area contributed by atoms with Crippen LogP contribution in [-0.2, 0) is 28.7 Å². The standard InChI is InChI=1S/C42H42F6N6O5/c1-23-15-32(52(17-24-7-11-28(56-5)12-8-24)18-25-9-13-29(57-6)14-10-25)49-37(34(23)42(46,47)48)33-31(43)16-30-36(35(33)44)50-39(45)51-38(30)54-26-19-53(20-27(54)22-58-21-26)40(55)59-41(2,3)4/h7-16,26-27H,17-22H2,1-6H3. The summed E-state index contributed by atoms with van der Waals surface area (Å²) in [7, 11) is 3.03. The van der Waals surface area contributed by atoms with Crippen LogP contribution in [0.1, 0.15) is 43.0 Å². The van der Waals surface area contributed by atoms with E-state index in [1.807, 2.05) is 0 Å². The second kappa shape index (κ2) is 16.1. The molecule has 11 nitrogen and oxygen atoms in total. The number of amides is 1. The van der Waals surface area contributed by atoms with Gasteiger partial charge in [0.1, 0.15) is 40.1 Å². The molecule has 0 radical (unpaired) electrons. The smallest absolute Gasteiger partial charge is 0.418 e. The minimum absolute atomic E-state index is 0.0127. The molecular formula is C42H42F6N6O5. The quantitative estimate of drug-likeness (QED) is 0.106. The van der Waals surface area contributed by atoms with Gasteiger partial charge in [-0.25, -0.2) is 18.6 Å². The van der Waals surface area contributed by atoms with E-state index < -0.39 is 70.0 Å². The Balaban J connectivity index is 1.34. The number of methoxy groups -OCH3 is 2. The van der Waals surface area contributed by atoms with E-state index in [0.717, 1.165) is 17.2 Å². The summed E-state index contributed by atoms with van der Waals surface area (Å²) in [6.07, 6.45) is -7.08. The molecule has 0 aliphatic carbocycles. The van der Waals surface area contributed by atoms with Crippen molar-refractivity contribution in [2.24, 2.45) is 0 Å². The van der Waals surface area contributed by atoms with Crippen LogP contribution in [0.2, 0.25) is 0 Å². The monoisotopic (exact) mass is 824 g/mol. The molecule has 2 fully saturated rings. The molecular weight excluding hydrogens is 782 g/mol. The molecule has 3 aromatic carbocycles. The highest BCUT2D eigenvalue weighted by molar-refractivity contribution is 5.94. The van der Waals surface area contributed by atoms with Gasteiger partial charge in [0.05, 0.1) is 56.3 Å². The van der Waals surface area contributed by atoms with Crippen molar-refractivity contribution in [2.75, 3.05) is 50.3 Å². The van der Waals surface area contributed by atoms with Crippen LogP contribution in [0, 0.1) is 24.6 Å². The molecule has 2 aliphatic heterocycles. The minimum Gasteiger partial charge on any atom is -0.497 e. The molecule has 1 amide bonds. The average molecular weight is 825 g/mol. The predicted octanol–water partition coefficient (Wildman–Crippen LogP) is 8.48. The summed E-state index contributed by atoms with van der Waals surface area (Å²) in [6.45, 7) is 6.84. The van der Waals surface area contributed by atoms with E-state index >= 15 is 13.2 Å². The van der Waals surface area contributed by atoms with Crippen molar-refractivity contribution in [1.29, 1.82) is 0 Å². The Morgan fingerprint density at radius 2 is 1.41 bits per heavy atom. The third kappa shape index (κ3) is 8.65. The van der Waals surface area contributed by atoms with Gasteiger partial charge in [-0.05, 0) is 80.8 Å². The topological polar surface area (TPSA) is 102 Å². The van der Waals surface area contributed by atoms with Crippen molar-refractivity contribution in [3.8, 4) is 22.8 Å². The predicted molar refractivity (Wildman–Crippen MR) is 207 cm³/mol. The molecule has 312 valence electrons. The van der Waals surface area contributed by atoms with Crippen LogP contribution in [0.25, 0.3) is 22.2 Å². The Hall–Kier alpha value is -5.84. The van der Waals surface area contributed by atoms with Gasteiger partial charge in [-0.15, -0.1) is 0 Å². The summed E-state index contributed by atoms with van der Waals surface area (Å²) in [5, 5.41) is -0.283. The number of aryl methyl sites for hydroxylation is 1. The van der Waals surface area contributed by atoms with Crippen LogP contribution in [0.15, 0.2) is 60.7 Å². The summed E-state index contributed by atoms with van der Waals surface area (Å²) in [4.78, 5) is 29.7. The minimum atomic E-state index is -5.11. The van der Waals surface area contributed by atoms with Crippen molar-refractivity contribution in [3.63, 3.8) is 0 Å². The number of ether oxygens (including phenoxy) is 4. The number of rotatable bonds is 9. The summed E-state index contributed by atoms with van der Waals surface area (Å²) in [6, 6.07) is 14.8. The third-order valence-corrected chi connectivity index (χ3v) is 10.1. The molecule has 2 saturated heterocycles. The maximum atomic E-state index is 17.0. The first-order chi connectivity index (χ1) is 27.9. The molecule has 2 unspecified atom stereocenters. The van der Waals surface area contributed by atoms with Crippen molar-refractivity contribution in [2.45, 2.75) is 64.6 Å². The maximum absolute atomic E-state index is 17.0. The van der Waals surface area contributed by atoms with Crippen molar-refractivity contribution < 1.29 is 50.1 Å². The normalized spacial score (nSPS) is 16.9. The number of nitrogens with zero attached hydrogens (tertiary/aromatic N) is 6. The number of aromatic nitrogens is 3. The Labute approximate surface area is 336 Å². The van der Waals surface area contributed by atoms with E-state index in [4.69, 9.17) is 18.9 Å². The molecule has 5 aromatic rings. The summed E-state index contributed by atoms with van der Waals surface area (Å²) >= 11 is 0. The van der Waals surface area contributed by atoms with Gasteiger partial charge in [0.2, 0.25) is 0 Å². The van der Waals surface area contributed by atoms with Crippen LogP contribution in [0.3, 0.4) is 0 Å². The lowest BCUT2D eigenvalue weighted by molar-refractivity contribution is -0.137. The number of alkyl halides is 3. The van der Waals surface area contributed by atoms with Gasteiger partial charge in [-0.2, -0.15) is 27.5 Å². The van der Waals surface area contributed by atoms with E-state index in [1.54, 1.807) is 79.1 Å². The molecule has 2 atom stereocenters. The molecule has 0 spiro atoms. The lowest BCUT2D eigenvalue weighted by atomic mass is 9.97. The number of anilines is 2. The van der Waals surface area contributed by atoms with E-state index in [1.165, 1.54) is 32.1 Å². The van der Waals surface area contributed by atoms with Crippen LogP contribution in [0.5, 0.6) is 11.5 Å². The Kier molecular flexibility index (Phi) is 11.3. The largest absolute Gasteiger partial charge is 0.497 e. The third-order valence-electron chi connectivity index (χ3n) is 10.1. The first kappa shape index (κ1) is 41.3. The zero-order valence-electron chi connectivity index (χ0n) is 33.2. The maximum Gasteiger partial charge on any atom is 0.418 e. The molecule has 7 rings (SSSR count). The highest BCUT2D eigenvalue weighted by Gasteiger charge is 2.44. The van der Waals surface area contributed by atoms with Crippen molar-refractivity contribution >= 4 is 28.6 Å². The van der Waals surface area contributed by atoms with E-state index in [-0.39, 0.29) is 62.0 Å². The number of pyridine rings is 1. The van der Waals surface area contributed by atoms with Crippen molar-refractivity contribution in [3.05, 3.63) is 101 Å². The molecule has 17 heteroatoms. The average Bonchev–Trinajstić information content (AvgIpc) is 3.16. The molecule has 2 aromatic heterocycles. The molecule has 0 N–H and O–H groups in total. The molecule has 2 bridgehead atoms. The second-order valence-corrected chi connectivity index (χ2v) is 15.5. The van der Waals surface area contributed by atoms with E-state index in [0.29, 0.717) is 11.5 Å². The fraction of sp³-hybridized carbons (Fsp3) is 0.381. The van der Waals surface area contributed by atoms with Gasteiger partial charge in [-0.3, -0.25) is 0 Å². The van der Waals surface area contributed by atoms with Crippen molar-refractivity contribution in [1.82, 2.24) is 19.9 Å². The van der Waals surface area contributed by atoms with E-state index in [2.05, 4.69) is 15.0 Å². The van der Waals surface area contributed by atoms with Crippen LogP contribution in [-0.4, -0.2) is 84.2 Å². The molecule has 59 heavy (non-hydrogen) atoms. The number of carbonyl (C=O) groups is 1. The number of morpholine rings is 1. The van der Waals surface area contributed by atoms with Crippen LogP contribution < -0.4 is 19.3 Å². The highest BCUT2D eigenvalue weighted by atomic mass is 19.4. The fourth-order valence-corrected chi connectivity index (χ4v) is 7.53. The number of piperazine rings is 1. The van der Waals surface area contributed by atoms with Crippen LogP contribution in [0.4, 0.5) is 42.8 Å². The molecule has 2 aliphatic rings. The number of hydrogen-bond donors (Lipinski definition) is 0. The Bertz CT molecular complexity index is 2290. The Morgan fingerprint density at radius 1 is 0.847 bits per heavy atom. The van der Waals surface area contributed by atoms with Gasteiger partial charge in [0.15, 0.2) is 5.82 Å². The van der Waals surface area contributed by atoms with Gasteiger partial charge >= 0.3 is 18.3 Å². The summed E-state index contributed by atoms with van der Waals surface area (Å²) < 4.78 is 116. The first-order valence-electron chi connectivity index (χ1n) is 18.7. The molecule has 0 saturated carbocycles. The zero-order valence-corrected chi connectivity index (χ0v) is 33.2. The highest BCUT2D eigenvalue weighted by Crippen LogP contribution is 2.44. The summed E-state index contributed by atoms with van der Waals surface area (Å²) in [5.41, 5.74) is -3.92. The van der Waals surface area contributed by atoms with Gasteiger partial charge in [0, 0.05) is 31.6 Å². The van der Waals surface area contributed by atoms with Gasteiger partial charge in [-0.1, -0.05) is 24.3 Å². The number of carbonyl (C=O) groups excluding carboxylic acids is 1. The first-order valence-corrected chi connectivity index (χ1v) is 18.7. The van der Waals surface area contributed by atoms with E-state index in [9.17, 15) is 18.0 Å². The Morgan fingerprint density at radius 3 is 1.92 bits per heavy atom. The fourth-order valence-electron chi connectivity index (χ4n) is 7.53. The number of benzene rings is 3. The second-order valence-electron chi connectivity index (χ2n) is 15.5. The number of fused-ring (bicyclic) bond motifs is 3. The number of halogens is 6.